The molecule has 0 saturated carbocycles. The zero-order valence-corrected chi connectivity index (χ0v) is 8.07. The Bertz CT molecular complexity index is 173. The number of rotatable bonds is 3. The first-order valence-electron chi connectivity index (χ1n) is 4.48. The standard InChI is InChI=1S/C7H12N2O.C2H6/c1-2-7(10)6-9-5-3-4-8-9;1-2/h3-5,7,10H,2,6H2,1H3;1-2H3. The van der Waals surface area contributed by atoms with Crippen molar-refractivity contribution in [3.05, 3.63) is 18.5 Å². The van der Waals surface area contributed by atoms with Crippen LogP contribution in [0.2, 0.25) is 0 Å². The van der Waals surface area contributed by atoms with Crippen LogP contribution in [0.5, 0.6) is 0 Å². The first-order chi connectivity index (χ1) is 5.83. The highest BCUT2D eigenvalue weighted by Gasteiger charge is 1.99. The fraction of sp³-hybridized carbons (Fsp3) is 0.667. The van der Waals surface area contributed by atoms with E-state index in [0.29, 0.717) is 6.54 Å². The molecule has 1 rings (SSSR count). The van der Waals surface area contributed by atoms with Gasteiger partial charge < -0.3 is 5.11 Å². The molecule has 1 heterocycles. The monoisotopic (exact) mass is 170 g/mol. The maximum Gasteiger partial charge on any atom is 0.0733 e. The van der Waals surface area contributed by atoms with Gasteiger partial charge in [-0.2, -0.15) is 5.10 Å². The maximum atomic E-state index is 9.17. The second-order valence-corrected chi connectivity index (χ2v) is 2.29. The van der Waals surface area contributed by atoms with Gasteiger partial charge in [-0.3, -0.25) is 4.68 Å². The fourth-order valence-corrected chi connectivity index (χ4v) is 0.753. The second kappa shape index (κ2) is 6.85. The van der Waals surface area contributed by atoms with Crippen LogP contribution in [0.15, 0.2) is 18.5 Å². The number of nitrogens with zero attached hydrogens (tertiary/aromatic N) is 2. The number of aliphatic hydroxyl groups excluding tert-OH is 1. The van der Waals surface area contributed by atoms with Crippen molar-refractivity contribution < 1.29 is 5.11 Å². The summed E-state index contributed by atoms with van der Waals surface area (Å²) < 4.78 is 1.73. The summed E-state index contributed by atoms with van der Waals surface area (Å²) in [4.78, 5) is 0. The summed E-state index contributed by atoms with van der Waals surface area (Å²) in [5, 5.41) is 13.1. The topological polar surface area (TPSA) is 38.0 Å². The molecule has 70 valence electrons. The number of aromatic nitrogens is 2. The Balaban J connectivity index is 0.000000561. The normalized spacial score (nSPS) is 11.7. The molecular weight excluding hydrogens is 152 g/mol. The van der Waals surface area contributed by atoms with Crippen molar-refractivity contribution >= 4 is 0 Å². The van der Waals surface area contributed by atoms with E-state index in [1.807, 2.05) is 33.0 Å². The minimum atomic E-state index is -0.264. The molecule has 1 N–H and O–H groups in total. The summed E-state index contributed by atoms with van der Waals surface area (Å²) in [6.45, 7) is 6.55. The van der Waals surface area contributed by atoms with E-state index in [-0.39, 0.29) is 6.10 Å². The summed E-state index contributed by atoms with van der Waals surface area (Å²) in [6, 6.07) is 1.85. The van der Waals surface area contributed by atoms with Crippen molar-refractivity contribution in [2.45, 2.75) is 39.8 Å². The highest BCUT2D eigenvalue weighted by molar-refractivity contribution is 4.78. The molecule has 0 aliphatic rings. The van der Waals surface area contributed by atoms with Gasteiger partial charge in [-0.25, -0.2) is 0 Å². The van der Waals surface area contributed by atoms with Crippen LogP contribution in [-0.2, 0) is 6.54 Å². The van der Waals surface area contributed by atoms with Crippen LogP contribution in [0.1, 0.15) is 27.2 Å². The number of hydrogen-bond donors (Lipinski definition) is 1. The molecule has 1 unspecified atom stereocenters. The molecular formula is C9H18N2O. The van der Waals surface area contributed by atoms with E-state index < -0.39 is 0 Å². The highest BCUT2D eigenvalue weighted by Crippen LogP contribution is 1.93. The first-order valence-corrected chi connectivity index (χ1v) is 4.48. The number of aliphatic hydroxyl groups is 1. The Morgan fingerprint density at radius 1 is 1.50 bits per heavy atom. The molecule has 1 aromatic heterocycles. The zero-order valence-electron chi connectivity index (χ0n) is 8.07. The van der Waals surface area contributed by atoms with Gasteiger partial charge in [0.15, 0.2) is 0 Å². The molecule has 3 nitrogen and oxygen atoms in total. The largest absolute Gasteiger partial charge is 0.391 e. The molecule has 0 saturated heterocycles. The molecule has 0 aliphatic heterocycles. The van der Waals surface area contributed by atoms with Gasteiger partial charge in [-0.15, -0.1) is 0 Å². The molecule has 1 atom stereocenters. The third-order valence-electron chi connectivity index (χ3n) is 1.43. The van der Waals surface area contributed by atoms with Gasteiger partial charge in [-0.1, -0.05) is 20.8 Å². The summed E-state index contributed by atoms with van der Waals surface area (Å²) in [5.41, 5.74) is 0. The van der Waals surface area contributed by atoms with Crippen LogP contribution >= 0.6 is 0 Å². The molecule has 0 radical (unpaired) electrons. The van der Waals surface area contributed by atoms with E-state index >= 15 is 0 Å². The quantitative estimate of drug-likeness (QED) is 0.749. The van der Waals surface area contributed by atoms with Crippen molar-refractivity contribution in [1.82, 2.24) is 9.78 Å². The second-order valence-electron chi connectivity index (χ2n) is 2.29. The lowest BCUT2D eigenvalue weighted by atomic mass is 10.3. The Morgan fingerprint density at radius 2 is 2.17 bits per heavy atom. The van der Waals surface area contributed by atoms with E-state index in [2.05, 4.69) is 5.10 Å². The van der Waals surface area contributed by atoms with Crippen LogP contribution in [0.4, 0.5) is 0 Å². The van der Waals surface area contributed by atoms with Crippen molar-refractivity contribution in [3.63, 3.8) is 0 Å². The molecule has 12 heavy (non-hydrogen) atoms. The fourth-order valence-electron chi connectivity index (χ4n) is 0.753. The molecule has 0 aliphatic carbocycles. The third kappa shape index (κ3) is 4.13. The SMILES string of the molecule is CC.CCC(O)Cn1cccn1. The maximum absolute atomic E-state index is 9.17. The van der Waals surface area contributed by atoms with Gasteiger partial charge >= 0.3 is 0 Å². The predicted molar refractivity (Wildman–Crippen MR) is 49.9 cm³/mol. The third-order valence-corrected chi connectivity index (χ3v) is 1.43. The van der Waals surface area contributed by atoms with Crippen LogP contribution in [0.3, 0.4) is 0 Å². The van der Waals surface area contributed by atoms with E-state index in [0.717, 1.165) is 6.42 Å². The lowest BCUT2D eigenvalue weighted by Gasteiger charge is -2.06. The molecule has 1 aromatic rings. The van der Waals surface area contributed by atoms with Gasteiger partial charge in [-0.05, 0) is 12.5 Å². The van der Waals surface area contributed by atoms with Crippen LogP contribution < -0.4 is 0 Å². The Kier molecular flexibility index (Phi) is 6.38. The van der Waals surface area contributed by atoms with E-state index in [4.69, 9.17) is 5.11 Å². The average molecular weight is 170 g/mol. The van der Waals surface area contributed by atoms with E-state index in [1.165, 1.54) is 0 Å². The Labute approximate surface area is 74.0 Å². The van der Waals surface area contributed by atoms with Gasteiger partial charge in [0, 0.05) is 12.4 Å². The average Bonchev–Trinajstić information content (AvgIpc) is 2.60. The van der Waals surface area contributed by atoms with Crippen LogP contribution in [0, 0.1) is 0 Å². The van der Waals surface area contributed by atoms with Crippen molar-refractivity contribution in [1.29, 1.82) is 0 Å². The lowest BCUT2D eigenvalue weighted by Crippen LogP contribution is -2.14. The van der Waals surface area contributed by atoms with Gasteiger partial charge in [0.05, 0.1) is 12.6 Å². The molecule has 3 heteroatoms. The summed E-state index contributed by atoms with van der Waals surface area (Å²) in [6.07, 6.45) is 4.07. The summed E-state index contributed by atoms with van der Waals surface area (Å²) in [5.74, 6) is 0. The van der Waals surface area contributed by atoms with Crippen LogP contribution in [-0.4, -0.2) is 21.0 Å². The van der Waals surface area contributed by atoms with Gasteiger partial charge in [0.1, 0.15) is 0 Å². The highest BCUT2D eigenvalue weighted by atomic mass is 16.3. The Morgan fingerprint density at radius 3 is 2.58 bits per heavy atom. The van der Waals surface area contributed by atoms with Crippen LogP contribution in [0.25, 0.3) is 0 Å². The van der Waals surface area contributed by atoms with Crippen molar-refractivity contribution in [2.75, 3.05) is 0 Å². The zero-order chi connectivity index (χ0) is 9.40. The number of hydrogen-bond acceptors (Lipinski definition) is 2. The predicted octanol–water partition coefficient (Wildman–Crippen LogP) is 1.68. The molecule has 0 aromatic carbocycles. The molecule has 0 spiro atoms. The Hall–Kier alpha value is -0.830. The molecule has 0 bridgehead atoms. The van der Waals surface area contributed by atoms with E-state index in [1.54, 1.807) is 10.9 Å². The van der Waals surface area contributed by atoms with Gasteiger partial charge in [0.2, 0.25) is 0 Å². The first kappa shape index (κ1) is 11.2. The van der Waals surface area contributed by atoms with E-state index in [9.17, 15) is 0 Å². The lowest BCUT2D eigenvalue weighted by molar-refractivity contribution is 0.145. The van der Waals surface area contributed by atoms with Crippen molar-refractivity contribution in [2.24, 2.45) is 0 Å². The summed E-state index contributed by atoms with van der Waals surface area (Å²) in [7, 11) is 0. The van der Waals surface area contributed by atoms with Crippen molar-refractivity contribution in [3.8, 4) is 0 Å². The minimum absolute atomic E-state index is 0.264. The van der Waals surface area contributed by atoms with Gasteiger partial charge in [0.25, 0.3) is 0 Å². The smallest absolute Gasteiger partial charge is 0.0733 e. The molecule has 0 amide bonds. The minimum Gasteiger partial charge on any atom is -0.391 e. The molecule has 0 fully saturated rings. The summed E-state index contributed by atoms with van der Waals surface area (Å²) >= 11 is 0.